The highest BCUT2D eigenvalue weighted by molar-refractivity contribution is 7.10. The largest absolute Gasteiger partial charge is 0.353 e. The fourth-order valence-corrected chi connectivity index (χ4v) is 2.53. The van der Waals surface area contributed by atoms with E-state index in [0.29, 0.717) is 0 Å². The van der Waals surface area contributed by atoms with E-state index in [1.54, 1.807) is 17.4 Å². The van der Waals surface area contributed by atoms with Gasteiger partial charge in [-0.3, -0.25) is 4.79 Å². The number of hydrogen-bond acceptors (Lipinski definition) is 2. The van der Waals surface area contributed by atoms with Crippen LogP contribution in [-0.4, -0.2) is 12.5 Å². The molecule has 0 bridgehead atoms. The van der Waals surface area contributed by atoms with Gasteiger partial charge in [0.1, 0.15) is 0 Å². The van der Waals surface area contributed by atoms with Gasteiger partial charge >= 0.3 is 0 Å². The van der Waals surface area contributed by atoms with Crippen LogP contribution in [0.3, 0.4) is 0 Å². The number of nitrogens with one attached hydrogen (secondary N) is 1. The van der Waals surface area contributed by atoms with Crippen LogP contribution in [0.5, 0.6) is 0 Å². The Morgan fingerprint density at radius 1 is 1.10 bits per heavy atom. The van der Waals surface area contributed by atoms with E-state index in [0.717, 1.165) is 30.7 Å². The van der Waals surface area contributed by atoms with Gasteiger partial charge in [-0.2, -0.15) is 0 Å². The molecule has 0 saturated carbocycles. The molecule has 0 unspecified atom stereocenters. The van der Waals surface area contributed by atoms with Gasteiger partial charge < -0.3 is 5.32 Å². The van der Waals surface area contributed by atoms with E-state index in [9.17, 15) is 4.79 Å². The van der Waals surface area contributed by atoms with E-state index >= 15 is 0 Å². The zero-order chi connectivity index (χ0) is 14.0. The lowest BCUT2D eigenvalue weighted by atomic mass is 10.1. The standard InChI is InChI=1S/C17H19NOS/c19-17(12-11-16-10-6-14-20-16)18-13-5-4-9-15-7-2-1-3-8-15/h1-3,6-8,10-12,14H,4-5,9,13H2,(H,18,19)/b12-11-. The molecule has 0 fully saturated rings. The lowest BCUT2D eigenvalue weighted by Crippen LogP contribution is -2.22. The van der Waals surface area contributed by atoms with Gasteiger partial charge in [0.25, 0.3) is 0 Å². The van der Waals surface area contributed by atoms with Crippen molar-refractivity contribution >= 4 is 23.3 Å². The van der Waals surface area contributed by atoms with Gasteiger partial charge in [0, 0.05) is 17.5 Å². The van der Waals surface area contributed by atoms with Crippen LogP contribution >= 0.6 is 11.3 Å². The normalized spacial score (nSPS) is 10.8. The molecule has 2 aromatic rings. The molecule has 2 rings (SSSR count). The summed E-state index contributed by atoms with van der Waals surface area (Å²) in [6, 6.07) is 14.4. The zero-order valence-corrected chi connectivity index (χ0v) is 12.2. The first kappa shape index (κ1) is 14.5. The first-order valence-electron chi connectivity index (χ1n) is 6.88. The van der Waals surface area contributed by atoms with E-state index in [1.165, 1.54) is 5.56 Å². The molecule has 1 amide bonds. The molecule has 1 aromatic carbocycles. The van der Waals surface area contributed by atoms with E-state index in [-0.39, 0.29) is 5.91 Å². The summed E-state index contributed by atoms with van der Waals surface area (Å²) in [5.41, 5.74) is 1.36. The van der Waals surface area contributed by atoms with Gasteiger partial charge in [0.2, 0.25) is 5.91 Å². The van der Waals surface area contributed by atoms with Crippen molar-refractivity contribution in [2.45, 2.75) is 19.3 Å². The molecular weight excluding hydrogens is 266 g/mol. The second kappa shape index (κ2) is 8.33. The van der Waals surface area contributed by atoms with Gasteiger partial charge in [-0.15, -0.1) is 11.3 Å². The summed E-state index contributed by atoms with van der Waals surface area (Å²) < 4.78 is 0. The molecule has 1 N–H and O–H groups in total. The second-order valence-corrected chi connectivity index (χ2v) is 5.56. The number of benzene rings is 1. The van der Waals surface area contributed by atoms with Crippen LogP contribution in [0.2, 0.25) is 0 Å². The van der Waals surface area contributed by atoms with Crippen molar-refractivity contribution in [3.8, 4) is 0 Å². The van der Waals surface area contributed by atoms with Gasteiger partial charge in [-0.25, -0.2) is 0 Å². The van der Waals surface area contributed by atoms with Crippen LogP contribution in [0, 0.1) is 0 Å². The summed E-state index contributed by atoms with van der Waals surface area (Å²) in [4.78, 5) is 12.7. The monoisotopic (exact) mass is 285 g/mol. The minimum absolute atomic E-state index is 0.0156. The zero-order valence-electron chi connectivity index (χ0n) is 11.4. The Kier molecular flexibility index (Phi) is 6.06. The summed E-state index contributed by atoms with van der Waals surface area (Å²) in [5.74, 6) is -0.0156. The number of hydrogen-bond donors (Lipinski definition) is 1. The third kappa shape index (κ3) is 5.41. The SMILES string of the molecule is O=C(/C=C\c1cccs1)NCCCCc1ccccc1. The van der Waals surface area contributed by atoms with Crippen LogP contribution in [-0.2, 0) is 11.2 Å². The van der Waals surface area contributed by atoms with Crippen molar-refractivity contribution in [1.82, 2.24) is 5.32 Å². The number of thiophene rings is 1. The summed E-state index contributed by atoms with van der Waals surface area (Å²) in [7, 11) is 0. The van der Waals surface area contributed by atoms with E-state index < -0.39 is 0 Å². The molecule has 0 radical (unpaired) electrons. The number of amides is 1. The first-order chi connectivity index (χ1) is 9.84. The molecule has 0 saturated heterocycles. The van der Waals surface area contributed by atoms with Gasteiger partial charge in [0.05, 0.1) is 0 Å². The molecule has 104 valence electrons. The predicted molar refractivity (Wildman–Crippen MR) is 85.7 cm³/mol. The molecule has 0 atom stereocenters. The molecule has 3 heteroatoms. The van der Waals surface area contributed by atoms with Crippen molar-refractivity contribution in [1.29, 1.82) is 0 Å². The van der Waals surface area contributed by atoms with Gasteiger partial charge in [-0.05, 0) is 42.3 Å². The number of carbonyl (C=O) groups excluding carboxylic acids is 1. The third-order valence-electron chi connectivity index (χ3n) is 2.98. The van der Waals surface area contributed by atoms with Crippen molar-refractivity contribution in [3.63, 3.8) is 0 Å². The summed E-state index contributed by atoms with van der Waals surface area (Å²) in [6.07, 6.45) is 6.63. The Bertz CT molecular complexity index is 531. The van der Waals surface area contributed by atoms with Crippen molar-refractivity contribution in [3.05, 3.63) is 64.4 Å². The quantitative estimate of drug-likeness (QED) is 0.606. The lowest BCUT2D eigenvalue weighted by molar-refractivity contribution is -0.116. The highest BCUT2D eigenvalue weighted by Crippen LogP contribution is 2.09. The Morgan fingerprint density at radius 3 is 2.70 bits per heavy atom. The van der Waals surface area contributed by atoms with Crippen LogP contribution in [0.4, 0.5) is 0 Å². The maximum atomic E-state index is 11.6. The van der Waals surface area contributed by atoms with Crippen LogP contribution in [0.15, 0.2) is 53.9 Å². The summed E-state index contributed by atoms with van der Waals surface area (Å²) in [5, 5.41) is 4.91. The molecule has 0 aliphatic heterocycles. The fourth-order valence-electron chi connectivity index (χ4n) is 1.91. The number of unbranched alkanes of at least 4 members (excludes halogenated alkanes) is 1. The highest BCUT2D eigenvalue weighted by atomic mass is 32.1. The Labute approximate surface area is 124 Å². The second-order valence-electron chi connectivity index (χ2n) is 4.58. The van der Waals surface area contributed by atoms with Crippen molar-refractivity contribution in [2.75, 3.05) is 6.54 Å². The molecule has 1 aromatic heterocycles. The smallest absolute Gasteiger partial charge is 0.244 e. The molecule has 2 nitrogen and oxygen atoms in total. The number of rotatable bonds is 7. The summed E-state index contributed by atoms with van der Waals surface area (Å²) in [6.45, 7) is 0.737. The Morgan fingerprint density at radius 2 is 1.95 bits per heavy atom. The highest BCUT2D eigenvalue weighted by Gasteiger charge is 1.96. The van der Waals surface area contributed by atoms with Crippen LogP contribution in [0.25, 0.3) is 6.08 Å². The van der Waals surface area contributed by atoms with E-state index in [4.69, 9.17) is 0 Å². The van der Waals surface area contributed by atoms with E-state index in [2.05, 4.69) is 29.6 Å². The van der Waals surface area contributed by atoms with E-state index in [1.807, 2.05) is 29.7 Å². The van der Waals surface area contributed by atoms with Gasteiger partial charge in [0.15, 0.2) is 0 Å². The topological polar surface area (TPSA) is 29.1 Å². The fraction of sp³-hybridized carbons (Fsp3) is 0.235. The van der Waals surface area contributed by atoms with Crippen LogP contribution in [0.1, 0.15) is 23.3 Å². The molecule has 0 aliphatic rings. The summed E-state index contributed by atoms with van der Waals surface area (Å²) >= 11 is 1.63. The molecule has 20 heavy (non-hydrogen) atoms. The van der Waals surface area contributed by atoms with Crippen LogP contribution < -0.4 is 5.32 Å². The average Bonchev–Trinajstić information content (AvgIpc) is 2.99. The average molecular weight is 285 g/mol. The Hall–Kier alpha value is -1.87. The maximum absolute atomic E-state index is 11.6. The predicted octanol–water partition coefficient (Wildman–Crippen LogP) is 3.90. The maximum Gasteiger partial charge on any atom is 0.244 e. The minimum Gasteiger partial charge on any atom is -0.353 e. The first-order valence-corrected chi connectivity index (χ1v) is 7.76. The number of carbonyl (C=O) groups is 1. The molecule has 0 spiro atoms. The molecular formula is C17H19NOS. The Balaban J connectivity index is 1.58. The number of aryl methyl sites for hydroxylation is 1. The minimum atomic E-state index is -0.0156. The molecule has 0 aliphatic carbocycles. The van der Waals surface area contributed by atoms with Crippen molar-refractivity contribution in [2.24, 2.45) is 0 Å². The van der Waals surface area contributed by atoms with Gasteiger partial charge in [-0.1, -0.05) is 36.4 Å². The lowest BCUT2D eigenvalue weighted by Gasteiger charge is -2.03. The third-order valence-corrected chi connectivity index (χ3v) is 3.81. The van der Waals surface area contributed by atoms with Crippen molar-refractivity contribution < 1.29 is 4.79 Å². The molecule has 1 heterocycles.